The Morgan fingerprint density at radius 1 is 1.59 bits per heavy atom. The van der Waals surface area contributed by atoms with Crippen molar-refractivity contribution in [1.82, 2.24) is 24.8 Å². The van der Waals surface area contributed by atoms with Crippen LogP contribution in [0.2, 0.25) is 0 Å². The van der Waals surface area contributed by atoms with Crippen molar-refractivity contribution in [3.8, 4) is 0 Å². The van der Waals surface area contributed by atoms with Crippen LogP contribution in [0.1, 0.15) is 18.3 Å². The molecule has 0 spiro atoms. The van der Waals surface area contributed by atoms with E-state index in [9.17, 15) is 14.7 Å². The highest BCUT2D eigenvalue weighted by Gasteiger charge is 2.35. The lowest BCUT2D eigenvalue weighted by Gasteiger charge is -2.15. The van der Waals surface area contributed by atoms with Gasteiger partial charge in [-0.1, -0.05) is 0 Å². The first-order valence-corrected chi connectivity index (χ1v) is 9.37. The van der Waals surface area contributed by atoms with Crippen LogP contribution in [-0.4, -0.2) is 63.7 Å². The van der Waals surface area contributed by atoms with Gasteiger partial charge in [-0.15, -0.1) is 0 Å². The number of carbonyl (C=O) groups is 1. The number of nitrogens with one attached hydrogen (secondary N) is 3. The van der Waals surface area contributed by atoms with Crippen molar-refractivity contribution in [2.75, 3.05) is 25.0 Å². The number of aliphatic hydroxyl groups is 1. The molecule has 0 aromatic carbocycles. The Kier molecular flexibility index (Phi) is 6.98. The zero-order valence-electron chi connectivity index (χ0n) is 16.4. The predicted molar refractivity (Wildman–Crippen MR) is 108 cm³/mol. The minimum atomic E-state index is -0.776. The average Bonchev–Trinajstić information content (AvgIpc) is 3.38. The molecule has 29 heavy (non-hydrogen) atoms. The Hall–Kier alpha value is -2.59. The zero-order valence-corrected chi connectivity index (χ0v) is 16.4. The number of hydrogen-bond acceptors (Lipinski definition) is 8. The van der Waals surface area contributed by atoms with Crippen molar-refractivity contribution in [2.24, 2.45) is 0 Å². The maximum Gasteiger partial charge on any atom is 0.351 e. The topological polar surface area (TPSA) is 143 Å². The Bertz CT molecular complexity index is 908. The van der Waals surface area contributed by atoms with E-state index in [-0.39, 0.29) is 18.9 Å². The molecule has 1 aliphatic rings. The summed E-state index contributed by atoms with van der Waals surface area (Å²) in [7, 11) is -0.443. The van der Waals surface area contributed by atoms with Gasteiger partial charge >= 0.3 is 5.69 Å². The van der Waals surface area contributed by atoms with E-state index in [0.29, 0.717) is 18.9 Å². The van der Waals surface area contributed by atoms with Gasteiger partial charge in [-0.05, 0) is 12.1 Å². The second kappa shape index (κ2) is 10.3. The van der Waals surface area contributed by atoms with E-state index in [1.807, 2.05) is 0 Å². The van der Waals surface area contributed by atoms with E-state index < -0.39 is 33.5 Å². The lowest BCUT2D eigenvalue weighted by atomic mass is 10.2. The second-order valence-electron chi connectivity index (χ2n) is 6.30. The Balaban J connectivity index is 1.44. The van der Waals surface area contributed by atoms with Gasteiger partial charge in [-0.2, -0.15) is 4.98 Å². The summed E-state index contributed by atoms with van der Waals surface area (Å²) in [5, 5.41) is 15.7. The van der Waals surface area contributed by atoms with E-state index in [2.05, 4.69) is 25.6 Å². The van der Waals surface area contributed by atoms with Crippen LogP contribution in [0.3, 0.4) is 0 Å². The quantitative estimate of drug-likeness (QED) is 0.231. The van der Waals surface area contributed by atoms with Crippen molar-refractivity contribution < 1.29 is 19.2 Å². The molecule has 3 rings (SSSR count). The molecule has 1 fully saturated rings. The second-order valence-corrected chi connectivity index (χ2v) is 6.59. The maximum atomic E-state index is 12.3. The number of ether oxygens (including phenoxy) is 1. The molecule has 1 amide bonds. The van der Waals surface area contributed by atoms with Gasteiger partial charge in [0.1, 0.15) is 18.1 Å². The minimum absolute atomic E-state index is 0.101. The lowest BCUT2D eigenvalue weighted by molar-refractivity contribution is -0.116. The van der Waals surface area contributed by atoms with Crippen molar-refractivity contribution in [3.63, 3.8) is 0 Å². The van der Waals surface area contributed by atoms with Gasteiger partial charge in [0.2, 0.25) is 5.91 Å². The number of hydrogen-bond donors (Lipinski definition) is 4. The van der Waals surface area contributed by atoms with Crippen molar-refractivity contribution >= 4 is 27.2 Å². The molecule has 12 heteroatoms. The standard InChI is InChI=1S/C17H23N6O5P/c24-12-7-16(28-13(12)9-27-29)23-6-3-14(22-17(23)26)19-4-5-20-15(25)2-1-11-8-18-10-21-11/h1-3,6,8,10,12-13,16,24H,4-5,7,9,29H2,(H,18,21)(H,20,25)(H,19,22,26)/b2-1+/i29T. The first-order chi connectivity index (χ1) is 14.6. The predicted octanol–water partition coefficient (Wildman–Crippen LogP) is -0.337. The van der Waals surface area contributed by atoms with E-state index in [0.717, 1.165) is 5.69 Å². The minimum Gasteiger partial charge on any atom is -0.390 e. The number of nitrogens with zero attached hydrogens (tertiary/aromatic N) is 3. The number of anilines is 1. The number of carbonyl (C=O) groups excluding carboxylic acids is 1. The summed E-state index contributed by atoms with van der Waals surface area (Å²) >= 11 is 0. The van der Waals surface area contributed by atoms with Crippen LogP contribution in [0.25, 0.3) is 6.08 Å². The zero-order chi connectivity index (χ0) is 21.3. The Morgan fingerprint density at radius 3 is 3.24 bits per heavy atom. The number of rotatable bonds is 10. The summed E-state index contributed by atoms with van der Waals surface area (Å²) in [6.07, 6.45) is 5.91. The highest BCUT2D eigenvalue weighted by molar-refractivity contribution is 7.09. The molecule has 0 bridgehead atoms. The molecule has 3 heterocycles. The molecule has 2 aromatic rings. The summed E-state index contributed by atoms with van der Waals surface area (Å²) in [5.41, 5.74) is 0.204. The van der Waals surface area contributed by atoms with Crippen LogP contribution in [0, 0.1) is 0 Å². The lowest BCUT2D eigenvalue weighted by Crippen LogP contribution is -2.30. The third-order valence-corrected chi connectivity index (χ3v) is 4.42. The molecule has 1 saturated heterocycles. The van der Waals surface area contributed by atoms with Crippen LogP contribution in [0.5, 0.6) is 0 Å². The fraction of sp³-hybridized carbons (Fsp3) is 0.412. The molecule has 4 unspecified atom stereocenters. The molecule has 1 aliphatic heterocycles. The summed E-state index contributed by atoms with van der Waals surface area (Å²) in [5.74, 6) is 0.114. The smallest absolute Gasteiger partial charge is 0.351 e. The number of amides is 1. The first kappa shape index (κ1) is 19.7. The van der Waals surface area contributed by atoms with Crippen LogP contribution in [-0.2, 0) is 14.1 Å². The largest absolute Gasteiger partial charge is 0.390 e. The van der Waals surface area contributed by atoms with Crippen molar-refractivity contribution in [3.05, 3.63) is 47.0 Å². The van der Waals surface area contributed by atoms with Gasteiger partial charge in [0.05, 0.1) is 32.2 Å². The van der Waals surface area contributed by atoms with Crippen LogP contribution in [0.4, 0.5) is 5.82 Å². The molecule has 2 aromatic heterocycles. The molecule has 0 saturated carbocycles. The van der Waals surface area contributed by atoms with E-state index in [1.165, 1.54) is 23.2 Å². The number of imidazole rings is 1. The van der Waals surface area contributed by atoms with Gasteiger partial charge in [0.15, 0.2) is 0 Å². The van der Waals surface area contributed by atoms with Gasteiger partial charge in [0, 0.05) is 41.2 Å². The monoisotopic (exact) mass is 424 g/mol. The van der Waals surface area contributed by atoms with E-state index >= 15 is 0 Å². The molecule has 4 N–H and O–H groups in total. The summed E-state index contributed by atoms with van der Waals surface area (Å²) in [4.78, 5) is 34.7. The maximum absolute atomic E-state index is 12.3. The van der Waals surface area contributed by atoms with Crippen LogP contribution < -0.4 is 16.3 Å². The third-order valence-electron chi connectivity index (χ3n) is 4.26. The van der Waals surface area contributed by atoms with Gasteiger partial charge in [0.25, 0.3) is 0 Å². The fourth-order valence-corrected chi connectivity index (χ4v) is 2.97. The van der Waals surface area contributed by atoms with Gasteiger partial charge in [-0.25, -0.2) is 9.78 Å². The molecule has 4 atom stereocenters. The molecular weight excluding hydrogens is 399 g/mol. The molecule has 156 valence electrons. The highest BCUT2D eigenvalue weighted by Crippen LogP contribution is 2.28. The van der Waals surface area contributed by atoms with Crippen LogP contribution in [0.15, 0.2) is 35.7 Å². The SMILES string of the molecule is [3H]POCC1OC(n2ccc(NCCNC(=O)/C=C/c3cnc[nH]3)nc2=O)CC1O. The first-order valence-electron chi connectivity index (χ1n) is 9.46. The number of H-pyrrole nitrogens is 1. The fourth-order valence-electron chi connectivity index (χ4n) is 2.81. The van der Waals surface area contributed by atoms with Crippen LogP contribution >= 0.6 is 9.41 Å². The Morgan fingerprint density at radius 2 is 2.48 bits per heavy atom. The van der Waals surface area contributed by atoms with E-state index in [4.69, 9.17) is 10.5 Å². The van der Waals surface area contributed by atoms with Crippen molar-refractivity contribution in [1.29, 1.82) is 1.28 Å². The average molecular weight is 424 g/mol. The van der Waals surface area contributed by atoms with Gasteiger partial charge < -0.3 is 30.0 Å². The molecule has 0 radical (unpaired) electrons. The summed E-state index contributed by atoms with van der Waals surface area (Å²) in [6.45, 7) is 0.823. The normalized spacial score (nSPS) is 22.4. The van der Waals surface area contributed by atoms with E-state index in [1.54, 1.807) is 18.3 Å². The highest BCUT2D eigenvalue weighted by atomic mass is 31.0. The summed E-state index contributed by atoms with van der Waals surface area (Å²) < 4.78 is 18.9. The third kappa shape index (κ3) is 5.94. The number of aromatic nitrogens is 4. The Labute approximate surface area is 170 Å². The number of aromatic amines is 1. The summed E-state index contributed by atoms with van der Waals surface area (Å²) in [6, 6.07) is 1.62. The van der Waals surface area contributed by atoms with Crippen molar-refractivity contribution in [2.45, 2.75) is 24.9 Å². The number of aliphatic hydroxyl groups excluding tert-OH is 1. The van der Waals surface area contributed by atoms with Gasteiger partial charge in [-0.3, -0.25) is 9.36 Å². The molecular formula is C17H23N6O5P. The molecule has 11 nitrogen and oxygen atoms in total. The molecule has 0 aliphatic carbocycles.